The third-order valence-corrected chi connectivity index (χ3v) is 4.36. The van der Waals surface area contributed by atoms with E-state index in [0.717, 1.165) is 33.5 Å². The summed E-state index contributed by atoms with van der Waals surface area (Å²) in [6.45, 7) is 0.501. The largest absolute Gasteiger partial charge is 0.497 e. The van der Waals surface area contributed by atoms with Crippen LogP contribution in [-0.4, -0.2) is 16.7 Å². The molecule has 124 valence electrons. The number of fused-ring (bicyclic) bond motifs is 1. The standard InChI is InChI=1S/C21H18N2O2/c1-25-18-9-5-6-15(12-18)14-23-20-11-10-17(13-19(20)22-21(23)24)16-7-3-2-4-8-16/h2-13H,14H2,1H3,(H,22,24). The number of imidazole rings is 1. The Morgan fingerprint density at radius 1 is 0.920 bits per heavy atom. The number of nitrogens with one attached hydrogen (secondary N) is 1. The monoisotopic (exact) mass is 330 g/mol. The van der Waals surface area contributed by atoms with Crippen LogP contribution in [0, 0.1) is 0 Å². The number of aromatic amines is 1. The van der Waals surface area contributed by atoms with Gasteiger partial charge in [-0.2, -0.15) is 0 Å². The maximum absolute atomic E-state index is 12.4. The predicted molar refractivity (Wildman–Crippen MR) is 100 cm³/mol. The molecule has 1 heterocycles. The molecule has 0 aliphatic rings. The van der Waals surface area contributed by atoms with Gasteiger partial charge in [0.05, 0.1) is 24.7 Å². The second-order valence-corrected chi connectivity index (χ2v) is 5.97. The first-order valence-electron chi connectivity index (χ1n) is 8.15. The number of aromatic nitrogens is 2. The van der Waals surface area contributed by atoms with Crippen LogP contribution >= 0.6 is 0 Å². The molecule has 0 aliphatic heterocycles. The molecule has 0 bridgehead atoms. The summed E-state index contributed by atoms with van der Waals surface area (Å²) in [7, 11) is 1.64. The molecule has 1 N–H and O–H groups in total. The highest BCUT2D eigenvalue weighted by Gasteiger charge is 2.09. The van der Waals surface area contributed by atoms with Crippen molar-refractivity contribution in [2.24, 2.45) is 0 Å². The van der Waals surface area contributed by atoms with Gasteiger partial charge in [-0.05, 0) is 41.0 Å². The summed E-state index contributed by atoms with van der Waals surface area (Å²) >= 11 is 0. The molecule has 0 radical (unpaired) electrons. The van der Waals surface area contributed by atoms with E-state index in [9.17, 15) is 4.79 Å². The molecule has 0 aliphatic carbocycles. The summed E-state index contributed by atoms with van der Waals surface area (Å²) in [6, 6.07) is 24.0. The summed E-state index contributed by atoms with van der Waals surface area (Å²) in [5.41, 5.74) is 4.87. The zero-order valence-electron chi connectivity index (χ0n) is 13.9. The van der Waals surface area contributed by atoms with Crippen LogP contribution in [0.3, 0.4) is 0 Å². The van der Waals surface area contributed by atoms with Gasteiger partial charge in [-0.25, -0.2) is 4.79 Å². The quantitative estimate of drug-likeness (QED) is 0.613. The summed E-state index contributed by atoms with van der Waals surface area (Å²) in [4.78, 5) is 15.4. The van der Waals surface area contributed by atoms with E-state index in [0.29, 0.717) is 6.54 Å². The van der Waals surface area contributed by atoms with Crippen molar-refractivity contribution in [3.63, 3.8) is 0 Å². The van der Waals surface area contributed by atoms with E-state index in [2.05, 4.69) is 17.1 Å². The second kappa shape index (κ2) is 6.32. The maximum Gasteiger partial charge on any atom is 0.326 e. The van der Waals surface area contributed by atoms with Gasteiger partial charge in [0.1, 0.15) is 5.75 Å². The Bertz CT molecular complexity index is 1080. The second-order valence-electron chi connectivity index (χ2n) is 5.97. The van der Waals surface area contributed by atoms with Crippen molar-refractivity contribution >= 4 is 11.0 Å². The highest BCUT2D eigenvalue weighted by molar-refractivity contribution is 5.82. The summed E-state index contributed by atoms with van der Waals surface area (Å²) in [5, 5.41) is 0. The first-order valence-corrected chi connectivity index (χ1v) is 8.15. The van der Waals surface area contributed by atoms with Gasteiger partial charge < -0.3 is 9.72 Å². The lowest BCUT2D eigenvalue weighted by atomic mass is 10.1. The van der Waals surface area contributed by atoms with Crippen LogP contribution in [0.4, 0.5) is 0 Å². The van der Waals surface area contributed by atoms with Gasteiger partial charge in [0.25, 0.3) is 0 Å². The van der Waals surface area contributed by atoms with E-state index >= 15 is 0 Å². The first-order chi connectivity index (χ1) is 12.2. The molecular formula is C21H18N2O2. The molecule has 0 spiro atoms. The fourth-order valence-electron chi connectivity index (χ4n) is 3.08. The van der Waals surface area contributed by atoms with Crippen LogP contribution in [0.1, 0.15) is 5.56 Å². The molecule has 0 saturated heterocycles. The molecule has 25 heavy (non-hydrogen) atoms. The van der Waals surface area contributed by atoms with Crippen molar-refractivity contribution in [1.82, 2.24) is 9.55 Å². The smallest absolute Gasteiger partial charge is 0.326 e. The van der Waals surface area contributed by atoms with Crippen molar-refractivity contribution in [1.29, 1.82) is 0 Å². The van der Waals surface area contributed by atoms with Gasteiger partial charge in [0, 0.05) is 0 Å². The third-order valence-electron chi connectivity index (χ3n) is 4.36. The molecular weight excluding hydrogens is 312 g/mol. The number of nitrogens with zero attached hydrogens (tertiary/aromatic N) is 1. The fraction of sp³-hybridized carbons (Fsp3) is 0.0952. The molecule has 3 aromatic carbocycles. The van der Waals surface area contributed by atoms with Gasteiger partial charge in [0.15, 0.2) is 0 Å². The molecule has 1 aromatic heterocycles. The zero-order valence-corrected chi connectivity index (χ0v) is 13.9. The average Bonchev–Trinajstić information content (AvgIpc) is 2.97. The molecule has 0 atom stereocenters. The lowest BCUT2D eigenvalue weighted by molar-refractivity contribution is 0.414. The van der Waals surface area contributed by atoms with Crippen LogP contribution in [-0.2, 0) is 6.54 Å². The first kappa shape index (κ1) is 15.3. The molecule has 0 fully saturated rings. The van der Waals surface area contributed by atoms with Crippen molar-refractivity contribution in [3.05, 3.63) is 88.8 Å². The Labute approximate surface area is 145 Å². The molecule has 4 heteroatoms. The molecule has 0 saturated carbocycles. The van der Waals surface area contributed by atoms with E-state index in [1.807, 2.05) is 60.7 Å². The number of benzene rings is 3. The third kappa shape index (κ3) is 2.94. The van der Waals surface area contributed by atoms with E-state index in [-0.39, 0.29) is 5.69 Å². The molecule has 4 nitrogen and oxygen atoms in total. The number of rotatable bonds is 4. The van der Waals surface area contributed by atoms with Crippen molar-refractivity contribution in [2.45, 2.75) is 6.54 Å². The molecule has 4 aromatic rings. The van der Waals surface area contributed by atoms with Crippen LogP contribution in [0.15, 0.2) is 77.6 Å². The van der Waals surface area contributed by atoms with Gasteiger partial charge in [-0.15, -0.1) is 0 Å². The Hall–Kier alpha value is -3.27. The summed E-state index contributed by atoms with van der Waals surface area (Å²) in [5.74, 6) is 0.789. The maximum atomic E-state index is 12.4. The van der Waals surface area contributed by atoms with E-state index in [4.69, 9.17) is 4.74 Å². The van der Waals surface area contributed by atoms with Crippen LogP contribution < -0.4 is 10.4 Å². The Morgan fingerprint density at radius 2 is 1.76 bits per heavy atom. The minimum Gasteiger partial charge on any atom is -0.497 e. The minimum atomic E-state index is -0.108. The summed E-state index contributed by atoms with van der Waals surface area (Å²) < 4.78 is 7.01. The zero-order chi connectivity index (χ0) is 17.2. The normalized spacial score (nSPS) is 10.9. The Morgan fingerprint density at radius 3 is 2.56 bits per heavy atom. The SMILES string of the molecule is COc1cccc(Cn2c(=O)[nH]c3cc(-c4ccccc4)ccc32)c1. The predicted octanol–water partition coefficient (Wildman–Crippen LogP) is 4.05. The highest BCUT2D eigenvalue weighted by Crippen LogP contribution is 2.23. The topological polar surface area (TPSA) is 47.0 Å². The Kier molecular flexibility index (Phi) is 3.86. The van der Waals surface area contributed by atoms with Crippen molar-refractivity contribution < 1.29 is 4.74 Å². The average molecular weight is 330 g/mol. The van der Waals surface area contributed by atoms with Crippen molar-refractivity contribution in [3.8, 4) is 16.9 Å². The van der Waals surface area contributed by atoms with Crippen molar-refractivity contribution in [2.75, 3.05) is 7.11 Å². The van der Waals surface area contributed by atoms with Gasteiger partial charge in [-0.1, -0.05) is 48.5 Å². The van der Waals surface area contributed by atoms with E-state index < -0.39 is 0 Å². The van der Waals surface area contributed by atoms with Crippen LogP contribution in [0.25, 0.3) is 22.2 Å². The molecule has 0 amide bonds. The molecule has 0 unspecified atom stereocenters. The highest BCUT2D eigenvalue weighted by atomic mass is 16.5. The number of ether oxygens (including phenoxy) is 1. The fourth-order valence-corrected chi connectivity index (χ4v) is 3.08. The Balaban J connectivity index is 1.75. The van der Waals surface area contributed by atoms with Gasteiger partial charge in [0.2, 0.25) is 0 Å². The molecule has 4 rings (SSSR count). The van der Waals surface area contributed by atoms with Crippen LogP contribution in [0.2, 0.25) is 0 Å². The number of H-pyrrole nitrogens is 1. The summed E-state index contributed by atoms with van der Waals surface area (Å²) in [6.07, 6.45) is 0. The van der Waals surface area contributed by atoms with E-state index in [1.54, 1.807) is 11.7 Å². The minimum absolute atomic E-state index is 0.108. The number of hydrogen-bond donors (Lipinski definition) is 1. The van der Waals surface area contributed by atoms with Gasteiger partial charge >= 0.3 is 5.69 Å². The van der Waals surface area contributed by atoms with Crippen LogP contribution in [0.5, 0.6) is 5.75 Å². The van der Waals surface area contributed by atoms with E-state index in [1.165, 1.54) is 0 Å². The lowest BCUT2D eigenvalue weighted by Gasteiger charge is -2.07. The number of methoxy groups -OCH3 is 1. The number of hydrogen-bond acceptors (Lipinski definition) is 2. The van der Waals surface area contributed by atoms with Gasteiger partial charge in [-0.3, -0.25) is 4.57 Å². The lowest BCUT2D eigenvalue weighted by Crippen LogP contribution is -2.17.